The van der Waals surface area contributed by atoms with Gasteiger partial charge in [-0.25, -0.2) is 0 Å². The molecule has 2 fully saturated rings. The summed E-state index contributed by atoms with van der Waals surface area (Å²) in [5, 5.41) is 2.64. The van der Waals surface area contributed by atoms with Crippen LogP contribution in [0.15, 0.2) is 18.2 Å². The van der Waals surface area contributed by atoms with Crippen LogP contribution < -0.4 is 16.0 Å². The molecule has 1 aromatic carbocycles. The van der Waals surface area contributed by atoms with E-state index in [0.717, 1.165) is 38.1 Å². The number of nitrogens with one attached hydrogen (secondary N) is 1. The summed E-state index contributed by atoms with van der Waals surface area (Å²) in [4.78, 5) is 14.4. The fraction of sp³-hybridized carbons (Fsp3) is 0.588. The van der Waals surface area contributed by atoms with Crippen LogP contribution in [0.4, 0.5) is 24.5 Å². The van der Waals surface area contributed by atoms with Crippen LogP contribution in [-0.4, -0.2) is 37.7 Å². The average Bonchev–Trinajstić information content (AvgIpc) is 3.25. The van der Waals surface area contributed by atoms with Gasteiger partial charge in [0.1, 0.15) is 6.10 Å². The van der Waals surface area contributed by atoms with Crippen molar-refractivity contribution in [1.82, 2.24) is 0 Å². The van der Waals surface area contributed by atoms with Gasteiger partial charge in [-0.1, -0.05) is 0 Å². The smallest absolute Gasteiger partial charge is 0.370 e. The summed E-state index contributed by atoms with van der Waals surface area (Å²) >= 11 is 0. The maximum absolute atomic E-state index is 13.0. The molecule has 154 valence electrons. The van der Waals surface area contributed by atoms with E-state index in [1.54, 1.807) is 0 Å². The van der Waals surface area contributed by atoms with Gasteiger partial charge in [0.15, 0.2) is 0 Å². The maximum atomic E-state index is 13.0. The fourth-order valence-corrected chi connectivity index (χ4v) is 3.33. The van der Waals surface area contributed by atoms with Gasteiger partial charge in [-0.05, 0) is 43.9 Å². The third kappa shape index (κ3) is 5.63. The van der Waals surface area contributed by atoms with Crippen molar-refractivity contribution in [2.75, 3.05) is 29.9 Å². The lowest BCUT2D eigenvalue weighted by Gasteiger charge is -2.23. The molecule has 0 radical (unpaired) electrons. The number of hydrogen-bond donors (Lipinski definition) is 2. The summed E-state index contributed by atoms with van der Waals surface area (Å²) in [6.45, 7) is 1.86. The van der Waals surface area contributed by atoms with Crippen LogP contribution in [0.1, 0.15) is 31.2 Å². The van der Waals surface area contributed by atoms with Crippen LogP contribution in [-0.2, 0) is 15.7 Å². The molecule has 3 N–H and O–H groups in total. The van der Waals surface area contributed by atoms with Gasteiger partial charge in [-0.3, -0.25) is 4.79 Å². The van der Waals surface area contributed by atoms with Crippen LogP contribution >= 0.6 is 24.8 Å². The molecule has 5 nitrogen and oxygen atoms in total. The highest BCUT2D eigenvalue weighted by Crippen LogP contribution is 2.37. The van der Waals surface area contributed by atoms with Crippen molar-refractivity contribution < 1.29 is 22.7 Å². The van der Waals surface area contributed by atoms with Crippen LogP contribution in [0.2, 0.25) is 0 Å². The van der Waals surface area contributed by atoms with E-state index in [2.05, 4.69) is 5.32 Å². The minimum Gasteiger partial charge on any atom is -0.370 e. The number of halogens is 5. The van der Waals surface area contributed by atoms with Gasteiger partial charge >= 0.3 is 6.18 Å². The van der Waals surface area contributed by atoms with E-state index in [1.165, 1.54) is 6.07 Å². The average molecular weight is 430 g/mol. The van der Waals surface area contributed by atoms with Crippen molar-refractivity contribution in [1.29, 1.82) is 0 Å². The molecule has 2 atom stereocenters. The fourth-order valence-electron chi connectivity index (χ4n) is 3.33. The molecule has 3 rings (SSSR count). The standard InChI is InChI=1S/C17H22F3N3O2.2ClH/c18-17(19,20)11-3-5-14(23-7-1-2-8-23)13(9-11)22-16(24)15-6-4-12(10-21)25-15;;/h3,5,9,12,15H,1-2,4,6-8,10,21H2,(H,22,24);2*1H/t12-,15+;;/m1../s1. The van der Waals surface area contributed by atoms with E-state index in [9.17, 15) is 18.0 Å². The molecular weight excluding hydrogens is 406 g/mol. The largest absolute Gasteiger partial charge is 0.416 e. The monoisotopic (exact) mass is 429 g/mol. The summed E-state index contributed by atoms with van der Waals surface area (Å²) in [6, 6.07) is 3.49. The number of ether oxygens (including phenoxy) is 1. The van der Waals surface area contributed by atoms with E-state index in [0.29, 0.717) is 25.1 Å². The topological polar surface area (TPSA) is 67.6 Å². The molecule has 0 unspecified atom stereocenters. The van der Waals surface area contributed by atoms with E-state index >= 15 is 0 Å². The number of anilines is 2. The summed E-state index contributed by atoms with van der Waals surface area (Å²) in [7, 11) is 0. The molecule has 1 aromatic rings. The number of nitrogens with two attached hydrogens (primary N) is 1. The van der Waals surface area contributed by atoms with Crippen molar-refractivity contribution in [3.8, 4) is 0 Å². The first-order valence-electron chi connectivity index (χ1n) is 8.51. The molecule has 0 saturated carbocycles. The van der Waals surface area contributed by atoms with E-state index in [-0.39, 0.29) is 36.6 Å². The lowest BCUT2D eigenvalue weighted by molar-refractivity contribution is -0.137. The van der Waals surface area contributed by atoms with E-state index in [4.69, 9.17) is 10.5 Å². The molecule has 2 aliphatic heterocycles. The first-order valence-corrected chi connectivity index (χ1v) is 8.51. The van der Waals surface area contributed by atoms with E-state index in [1.807, 2.05) is 4.90 Å². The van der Waals surface area contributed by atoms with Gasteiger partial charge in [0.25, 0.3) is 5.91 Å². The van der Waals surface area contributed by atoms with Crippen molar-refractivity contribution >= 4 is 42.1 Å². The molecule has 0 bridgehead atoms. The second kappa shape index (κ2) is 9.82. The zero-order valence-corrected chi connectivity index (χ0v) is 16.3. The lowest BCUT2D eigenvalue weighted by atomic mass is 10.1. The summed E-state index contributed by atoms with van der Waals surface area (Å²) in [5.74, 6) is -0.421. The number of benzene rings is 1. The Bertz CT molecular complexity index is 640. The highest BCUT2D eigenvalue weighted by molar-refractivity contribution is 5.97. The number of hydrogen-bond acceptors (Lipinski definition) is 4. The first kappa shape index (κ1) is 23.8. The molecular formula is C17H24Cl2F3N3O2. The van der Waals surface area contributed by atoms with Crippen molar-refractivity contribution in [3.63, 3.8) is 0 Å². The van der Waals surface area contributed by atoms with Gasteiger partial charge in [0, 0.05) is 19.6 Å². The van der Waals surface area contributed by atoms with Gasteiger partial charge in [0.2, 0.25) is 0 Å². The molecule has 2 saturated heterocycles. The molecule has 27 heavy (non-hydrogen) atoms. The Labute approximate surface area is 168 Å². The van der Waals surface area contributed by atoms with Gasteiger partial charge in [-0.2, -0.15) is 13.2 Å². The molecule has 2 heterocycles. The highest BCUT2D eigenvalue weighted by atomic mass is 35.5. The third-order valence-corrected chi connectivity index (χ3v) is 4.69. The number of amides is 1. The minimum absolute atomic E-state index is 0. The summed E-state index contributed by atoms with van der Waals surface area (Å²) in [5.41, 5.74) is 5.55. The number of alkyl halides is 3. The molecule has 0 aliphatic carbocycles. The Morgan fingerprint density at radius 3 is 2.44 bits per heavy atom. The highest BCUT2D eigenvalue weighted by Gasteiger charge is 2.33. The molecule has 1 amide bonds. The van der Waals surface area contributed by atoms with Gasteiger partial charge in [-0.15, -0.1) is 24.8 Å². The normalized spacial score (nSPS) is 22.1. The lowest BCUT2D eigenvalue weighted by Crippen LogP contribution is -2.31. The predicted octanol–water partition coefficient (Wildman–Crippen LogP) is 3.59. The predicted molar refractivity (Wildman–Crippen MR) is 103 cm³/mol. The van der Waals surface area contributed by atoms with Crippen molar-refractivity contribution in [2.45, 2.75) is 44.1 Å². The van der Waals surface area contributed by atoms with Gasteiger partial charge < -0.3 is 20.7 Å². The molecule has 2 aliphatic rings. The SMILES string of the molecule is Cl.Cl.NC[C@H]1CC[C@@H](C(=O)Nc2cc(C(F)(F)F)ccc2N2CCCC2)O1. The summed E-state index contributed by atoms with van der Waals surface area (Å²) < 4.78 is 44.7. The first-order chi connectivity index (χ1) is 11.9. The quantitative estimate of drug-likeness (QED) is 0.766. The van der Waals surface area contributed by atoms with Crippen LogP contribution in [0.3, 0.4) is 0 Å². The van der Waals surface area contributed by atoms with Crippen LogP contribution in [0, 0.1) is 0 Å². The Morgan fingerprint density at radius 1 is 1.22 bits per heavy atom. The Kier molecular flexibility index (Phi) is 8.66. The van der Waals surface area contributed by atoms with Crippen molar-refractivity contribution in [2.24, 2.45) is 5.73 Å². The Morgan fingerprint density at radius 2 is 1.89 bits per heavy atom. The second-order valence-electron chi connectivity index (χ2n) is 6.47. The zero-order chi connectivity index (χ0) is 18.0. The Balaban J connectivity index is 0.00000182. The number of nitrogens with zero attached hydrogens (tertiary/aromatic N) is 1. The number of carbonyl (C=O) groups excluding carboxylic acids is 1. The molecule has 0 spiro atoms. The molecule has 0 aromatic heterocycles. The minimum atomic E-state index is -4.46. The van der Waals surface area contributed by atoms with E-state index < -0.39 is 23.8 Å². The molecule has 10 heteroatoms. The van der Waals surface area contributed by atoms with Crippen LogP contribution in [0.5, 0.6) is 0 Å². The van der Waals surface area contributed by atoms with Gasteiger partial charge in [0.05, 0.1) is 23.0 Å². The van der Waals surface area contributed by atoms with Crippen molar-refractivity contribution in [3.05, 3.63) is 23.8 Å². The number of carbonyl (C=O) groups is 1. The maximum Gasteiger partial charge on any atom is 0.416 e. The second-order valence-corrected chi connectivity index (χ2v) is 6.47. The summed E-state index contributed by atoms with van der Waals surface area (Å²) in [6.07, 6.45) is -2.14. The van der Waals surface area contributed by atoms with Crippen LogP contribution in [0.25, 0.3) is 0 Å². The number of rotatable bonds is 4. The zero-order valence-electron chi connectivity index (χ0n) is 14.6. The Hall–Kier alpha value is -1.22. The third-order valence-electron chi connectivity index (χ3n) is 4.69.